The molecule has 0 saturated heterocycles. The van der Waals surface area contributed by atoms with Crippen LogP contribution >= 0.6 is 0 Å². The first-order valence-corrected chi connectivity index (χ1v) is 4.07. The second-order valence-corrected chi connectivity index (χ2v) is 2.83. The van der Waals surface area contributed by atoms with Gasteiger partial charge in [-0.2, -0.15) is 13.2 Å². The largest absolute Gasteiger partial charge is 0.465 e. The van der Waals surface area contributed by atoms with Crippen molar-refractivity contribution in [2.45, 2.75) is 6.18 Å². The molecule has 0 bridgehead atoms. The number of esters is 1. The number of carbonyl (C=O) groups is 1. The van der Waals surface area contributed by atoms with Crippen LogP contribution in [0.4, 0.5) is 19.0 Å². The number of hydrogen-bond acceptors (Lipinski definition) is 5. The normalized spacial score (nSPS) is 11.1. The third-order valence-electron chi connectivity index (χ3n) is 1.79. The third-order valence-corrected chi connectivity index (χ3v) is 1.79. The zero-order chi connectivity index (χ0) is 13.2. The predicted octanol–water partition coefficient (Wildman–Crippen LogP) is 1.80. The molecule has 0 amide bonds. The standard InChI is InChI=1S/C8H5F3N2O4/c1-17-7(14)4-3-12-6(13(15)16)2-5(4)8(9,10)11/h2-3H,1H3. The smallest absolute Gasteiger partial charge is 0.417 e. The Labute approximate surface area is 92.2 Å². The molecular formula is C8H5F3N2O4. The highest BCUT2D eigenvalue weighted by atomic mass is 19.4. The fraction of sp³-hybridized carbons (Fsp3) is 0.250. The van der Waals surface area contributed by atoms with Gasteiger partial charge in [0.15, 0.2) is 6.20 Å². The Morgan fingerprint density at radius 3 is 2.53 bits per heavy atom. The monoisotopic (exact) mass is 250 g/mol. The van der Waals surface area contributed by atoms with Gasteiger partial charge in [0.05, 0.1) is 12.7 Å². The van der Waals surface area contributed by atoms with Gasteiger partial charge in [-0.25, -0.2) is 4.79 Å². The van der Waals surface area contributed by atoms with Crippen LogP contribution < -0.4 is 0 Å². The Bertz CT molecular complexity index is 472. The van der Waals surface area contributed by atoms with E-state index >= 15 is 0 Å². The van der Waals surface area contributed by atoms with E-state index in [9.17, 15) is 28.1 Å². The minimum Gasteiger partial charge on any atom is -0.465 e. The summed E-state index contributed by atoms with van der Waals surface area (Å²) in [5, 5.41) is 10.3. The Balaban J connectivity index is 3.42. The summed E-state index contributed by atoms with van der Waals surface area (Å²) in [6, 6.07) is 0.187. The van der Waals surface area contributed by atoms with Gasteiger partial charge in [0.1, 0.15) is 5.56 Å². The number of alkyl halides is 3. The van der Waals surface area contributed by atoms with Gasteiger partial charge in [0, 0.05) is 6.07 Å². The fourth-order valence-electron chi connectivity index (χ4n) is 1.05. The minimum absolute atomic E-state index is 0.187. The van der Waals surface area contributed by atoms with Crippen molar-refractivity contribution in [3.8, 4) is 0 Å². The van der Waals surface area contributed by atoms with E-state index < -0.39 is 34.0 Å². The summed E-state index contributed by atoms with van der Waals surface area (Å²) in [6.45, 7) is 0. The first kappa shape index (κ1) is 12.9. The highest BCUT2D eigenvalue weighted by molar-refractivity contribution is 5.91. The topological polar surface area (TPSA) is 82.3 Å². The number of carbonyl (C=O) groups excluding carboxylic acids is 1. The number of nitro groups is 1. The first-order chi connectivity index (χ1) is 7.77. The van der Waals surface area contributed by atoms with Crippen molar-refractivity contribution in [1.82, 2.24) is 4.98 Å². The molecule has 0 aliphatic heterocycles. The van der Waals surface area contributed by atoms with E-state index in [-0.39, 0.29) is 6.07 Å². The first-order valence-electron chi connectivity index (χ1n) is 4.07. The van der Waals surface area contributed by atoms with Gasteiger partial charge in [0.25, 0.3) is 0 Å². The number of hydrogen-bond donors (Lipinski definition) is 0. The molecule has 92 valence electrons. The van der Waals surface area contributed by atoms with Crippen LogP contribution in [0.25, 0.3) is 0 Å². The molecule has 0 spiro atoms. The summed E-state index contributed by atoms with van der Waals surface area (Å²) in [7, 11) is 0.893. The van der Waals surface area contributed by atoms with Crippen molar-refractivity contribution in [3.63, 3.8) is 0 Å². The van der Waals surface area contributed by atoms with Crippen LogP contribution in [-0.4, -0.2) is 23.0 Å². The molecule has 0 saturated carbocycles. The van der Waals surface area contributed by atoms with Crippen molar-refractivity contribution in [3.05, 3.63) is 33.5 Å². The Kier molecular flexibility index (Phi) is 3.30. The number of methoxy groups -OCH3 is 1. The van der Waals surface area contributed by atoms with Crippen LogP contribution in [0.15, 0.2) is 12.3 Å². The summed E-state index contributed by atoms with van der Waals surface area (Å²) in [4.78, 5) is 23.4. The van der Waals surface area contributed by atoms with Crippen molar-refractivity contribution >= 4 is 11.8 Å². The highest BCUT2D eigenvalue weighted by Gasteiger charge is 2.38. The molecule has 0 aliphatic rings. The van der Waals surface area contributed by atoms with Crippen molar-refractivity contribution in [1.29, 1.82) is 0 Å². The minimum atomic E-state index is -4.91. The highest BCUT2D eigenvalue weighted by Crippen LogP contribution is 2.33. The lowest BCUT2D eigenvalue weighted by Crippen LogP contribution is -2.15. The second-order valence-electron chi connectivity index (χ2n) is 2.83. The lowest BCUT2D eigenvalue weighted by molar-refractivity contribution is -0.389. The molecule has 1 aromatic rings. The molecule has 0 fully saturated rings. The number of rotatable bonds is 2. The van der Waals surface area contributed by atoms with Gasteiger partial charge in [0.2, 0.25) is 0 Å². The van der Waals surface area contributed by atoms with E-state index in [2.05, 4.69) is 9.72 Å². The Morgan fingerprint density at radius 2 is 2.12 bits per heavy atom. The van der Waals surface area contributed by atoms with Gasteiger partial charge in [-0.05, 0) is 9.91 Å². The summed E-state index contributed by atoms with van der Waals surface area (Å²) in [5.41, 5.74) is -2.32. The zero-order valence-corrected chi connectivity index (χ0v) is 8.32. The van der Waals surface area contributed by atoms with E-state index in [1.54, 1.807) is 0 Å². The van der Waals surface area contributed by atoms with Crippen molar-refractivity contribution in [2.24, 2.45) is 0 Å². The molecule has 1 rings (SSSR count). The number of halogens is 3. The lowest BCUT2D eigenvalue weighted by Gasteiger charge is -2.09. The van der Waals surface area contributed by atoms with Crippen molar-refractivity contribution in [2.75, 3.05) is 7.11 Å². The maximum absolute atomic E-state index is 12.5. The fourth-order valence-corrected chi connectivity index (χ4v) is 1.05. The van der Waals surface area contributed by atoms with E-state index in [4.69, 9.17) is 0 Å². The molecule has 0 N–H and O–H groups in total. The molecular weight excluding hydrogens is 245 g/mol. The molecule has 9 heteroatoms. The van der Waals surface area contributed by atoms with E-state index in [1.807, 2.05) is 0 Å². The van der Waals surface area contributed by atoms with E-state index in [0.717, 1.165) is 7.11 Å². The molecule has 0 aliphatic carbocycles. The number of aromatic nitrogens is 1. The van der Waals surface area contributed by atoms with E-state index in [0.29, 0.717) is 6.20 Å². The average Bonchev–Trinajstić information content (AvgIpc) is 2.26. The summed E-state index contributed by atoms with van der Waals surface area (Å²) < 4.78 is 41.7. The second kappa shape index (κ2) is 4.36. The van der Waals surface area contributed by atoms with E-state index in [1.165, 1.54) is 0 Å². The van der Waals surface area contributed by atoms with Gasteiger partial charge in [-0.1, -0.05) is 0 Å². The maximum atomic E-state index is 12.5. The van der Waals surface area contributed by atoms with Gasteiger partial charge in [-0.15, -0.1) is 0 Å². The maximum Gasteiger partial charge on any atom is 0.417 e. The molecule has 0 unspecified atom stereocenters. The van der Waals surface area contributed by atoms with Gasteiger partial charge >= 0.3 is 18.0 Å². The predicted molar refractivity (Wildman–Crippen MR) is 47.2 cm³/mol. The zero-order valence-electron chi connectivity index (χ0n) is 8.32. The molecule has 0 radical (unpaired) electrons. The molecule has 6 nitrogen and oxygen atoms in total. The summed E-state index contributed by atoms with van der Waals surface area (Å²) in [5.74, 6) is -2.26. The summed E-state index contributed by atoms with van der Waals surface area (Å²) >= 11 is 0. The van der Waals surface area contributed by atoms with Crippen LogP contribution in [-0.2, 0) is 10.9 Å². The molecule has 0 atom stereocenters. The Morgan fingerprint density at radius 1 is 1.53 bits per heavy atom. The quantitative estimate of drug-likeness (QED) is 0.454. The molecule has 17 heavy (non-hydrogen) atoms. The van der Waals surface area contributed by atoms with Crippen LogP contribution in [0, 0.1) is 10.1 Å². The average molecular weight is 250 g/mol. The van der Waals surface area contributed by atoms with Gasteiger partial charge in [-0.3, -0.25) is 0 Å². The number of pyridine rings is 1. The molecule has 0 aromatic carbocycles. The van der Waals surface area contributed by atoms with Crippen LogP contribution in [0.2, 0.25) is 0 Å². The molecule has 1 heterocycles. The molecule has 1 aromatic heterocycles. The SMILES string of the molecule is COC(=O)c1cnc([N+](=O)[O-])cc1C(F)(F)F. The Hall–Kier alpha value is -2.19. The van der Waals surface area contributed by atoms with Crippen LogP contribution in [0.5, 0.6) is 0 Å². The number of ether oxygens (including phenoxy) is 1. The van der Waals surface area contributed by atoms with Crippen molar-refractivity contribution < 1.29 is 27.6 Å². The number of nitrogens with zero attached hydrogens (tertiary/aromatic N) is 2. The summed E-state index contributed by atoms with van der Waals surface area (Å²) in [6.07, 6.45) is -4.44. The van der Waals surface area contributed by atoms with Gasteiger partial charge < -0.3 is 14.9 Å². The van der Waals surface area contributed by atoms with Crippen LogP contribution in [0.1, 0.15) is 15.9 Å². The lowest BCUT2D eigenvalue weighted by atomic mass is 10.1. The van der Waals surface area contributed by atoms with Crippen LogP contribution in [0.3, 0.4) is 0 Å². The third kappa shape index (κ3) is 2.68.